The summed E-state index contributed by atoms with van der Waals surface area (Å²) in [5.74, 6) is -0.822. The highest BCUT2D eigenvalue weighted by molar-refractivity contribution is 5.85. The summed E-state index contributed by atoms with van der Waals surface area (Å²) in [6.45, 7) is 2.54. The average molecular weight is 362 g/mol. The van der Waals surface area contributed by atoms with Gasteiger partial charge in [0.25, 0.3) is 0 Å². The summed E-state index contributed by atoms with van der Waals surface area (Å²) < 4.78 is 2.11. The summed E-state index contributed by atoms with van der Waals surface area (Å²) >= 11 is 0. The van der Waals surface area contributed by atoms with Crippen LogP contribution in [0.3, 0.4) is 0 Å². The largest absolute Gasteiger partial charge is 0.481 e. The van der Waals surface area contributed by atoms with Gasteiger partial charge in [0, 0.05) is 12.2 Å². The molecule has 6 heteroatoms. The van der Waals surface area contributed by atoms with Crippen molar-refractivity contribution in [2.75, 3.05) is 13.1 Å². The summed E-state index contributed by atoms with van der Waals surface area (Å²) in [6.07, 6.45) is 4.91. The smallest absolute Gasteiger partial charge is 0.306 e. The number of para-hydroxylation sites is 1. The van der Waals surface area contributed by atoms with E-state index in [-0.39, 0.29) is 18.3 Å². The Hall–Kier alpha value is -1.85. The number of carboxylic acid groups (broad SMARTS) is 1. The number of aromatic nitrogens is 2. The van der Waals surface area contributed by atoms with E-state index in [1.165, 1.54) is 23.4 Å². The van der Waals surface area contributed by atoms with Gasteiger partial charge in [-0.05, 0) is 62.9 Å². The molecule has 0 atom stereocenters. The molecule has 0 bridgehead atoms. The Morgan fingerprint density at radius 2 is 1.88 bits per heavy atom. The van der Waals surface area contributed by atoms with E-state index in [0.717, 1.165) is 51.0 Å². The fourth-order valence-electron chi connectivity index (χ4n) is 3.97. The predicted octanol–water partition coefficient (Wildman–Crippen LogP) is 3.08. The van der Waals surface area contributed by atoms with Gasteiger partial charge in [0.15, 0.2) is 0 Å². The molecule has 4 rings (SSSR count). The highest BCUT2D eigenvalue weighted by atomic mass is 35.5. The zero-order chi connectivity index (χ0) is 16.5. The molecule has 2 aromatic rings. The number of benzene rings is 1. The lowest BCUT2D eigenvalue weighted by molar-refractivity contribution is -0.143. The maximum atomic E-state index is 11.1. The predicted molar refractivity (Wildman–Crippen MR) is 98.5 cm³/mol. The molecule has 1 fully saturated rings. The van der Waals surface area contributed by atoms with Crippen LogP contribution in [0, 0.1) is 5.92 Å². The molecule has 0 unspecified atom stereocenters. The van der Waals surface area contributed by atoms with E-state index in [0.29, 0.717) is 0 Å². The molecule has 0 radical (unpaired) electrons. The second-order valence-corrected chi connectivity index (χ2v) is 6.86. The number of nitrogens with zero attached hydrogens (tertiary/aromatic N) is 3. The van der Waals surface area contributed by atoms with Crippen LogP contribution in [0.1, 0.15) is 36.2 Å². The van der Waals surface area contributed by atoms with E-state index in [1.807, 2.05) is 6.07 Å². The van der Waals surface area contributed by atoms with Crippen molar-refractivity contribution in [3.63, 3.8) is 0 Å². The van der Waals surface area contributed by atoms with E-state index in [9.17, 15) is 4.79 Å². The fourth-order valence-corrected chi connectivity index (χ4v) is 3.97. The van der Waals surface area contributed by atoms with Gasteiger partial charge in [0.05, 0.1) is 17.3 Å². The quantitative estimate of drug-likeness (QED) is 0.909. The highest BCUT2D eigenvalue weighted by Gasteiger charge is 2.28. The first-order valence-electron chi connectivity index (χ1n) is 8.82. The van der Waals surface area contributed by atoms with Crippen LogP contribution in [-0.2, 0) is 24.2 Å². The normalized spacial score (nSPS) is 17.9. The summed E-state index contributed by atoms with van der Waals surface area (Å²) in [6, 6.07) is 10.3. The number of carbonyl (C=O) groups is 1. The fraction of sp³-hybridized carbons (Fsp3) is 0.474. The second-order valence-electron chi connectivity index (χ2n) is 6.86. The van der Waals surface area contributed by atoms with E-state index in [2.05, 4.69) is 33.8 Å². The summed E-state index contributed by atoms with van der Waals surface area (Å²) in [5.41, 5.74) is 5.09. The first-order chi connectivity index (χ1) is 11.7. The number of fused-ring (bicyclic) bond motifs is 1. The van der Waals surface area contributed by atoms with Gasteiger partial charge in [-0.25, -0.2) is 4.68 Å². The number of halogens is 1. The van der Waals surface area contributed by atoms with Crippen molar-refractivity contribution in [2.24, 2.45) is 5.92 Å². The van der Waals surface area contributed by atoms with Crippen LogP contribution in [0.5, 0.6) is 0 Å². The van der Waals surface area contributed by atoms with Gasteiger partial charge in [-0.1, -0.05) is 18.2 Å². The Bertz CT molecular complexity index is 737. The number of hydrogen-bond donors (Lipinski definition) is 1. The van der Waals surface area contributed by atoms with Crippen LogP contribution in [0.4, 0.5) is 0 Å². The minimum atomic E-state index is -0.649. The maximum Gasteiger partial charge on any atom is 0.306 e. The van der Waals surface area contributed by atoms with Crippen LogP contribution in [-0.4, -0.2) is 38.8 Å². The maximum absolute atomic E-state index is 11.1. The molecule has 0 amide bonds. The molecule has 0 spiro atoms. The minimum absolute atomic E-state index is 0. The number of rotatable bonds is 4. The van der Waals surface area contributed by atoms with Gasteiger partial charge < -0.3 is 5.11 Å². The Morgan fingerprint density at radius 1 is 1.16 bits per heavy atom. The van der Waals surface area contributed by atoms with Crippen molar-refractivity contribution in [3.05, 3.63) is 47.3 Å². The first-order valence-corrected chi connectivity index (χ1v) is 8.82. The third-order valence-electron chi connectivity index (χ3n) is 5.32. The number of piperidine rings is 1. The number of hydrogen-bond acceptors (Lipinski definition) is 3. The molecule has 134 valence electrons. The van der Waals surface area contributed by atoms with Crippen molar-refractivity contribution in [3.8, 4) is 5.69 Å². The molecule has 2 heterocycles. The Kier molecular flexibility index (Phi) is 5.45. The molecule has 1 aromatic heterocycles. The molecule has 5 nitrogen and oxygen atoms in total. The van der Waals surface area contributed by atoms with Gasteiger partial charge in [0.2, 0.25) is 0 Å². The zero-order valence-corrected chi connectivity index (χ0v) is 15.0. The number of likely N-dealkylation sites (tertiary alicyclic amines) is 1. The third-order valence-corrected chi connectivity index (χ3v) is 5.32. The first kappa shape index (κ1) is 18.0. The molecule has 1 aromatic carbocycles. The van der Waals surface area contributed by atoms with Gasteiger partial charge in [0.1, 0.15) is 0 Å². The lowest BCUT2D eigenvalue weighted by Crippen LogP contribution is -2.36. The molecule has 1 N–H and O–H groups in total. The van der Waals surface area contributed by atoms with Crippen LogP contribution in [0.25, 0.3) is 5.69 Å². The van der Waals surface area contributed by atoms with Crippen LogP contribution >= 0.6 is 12.4 Å². The van der Waals surface area contributed by atoms with Crippen molar-refractivity contribution < 1.29 is 9.90 Å². The van der Waals surface area contributed by atoms with Crippen LogP contribution in [0.2, 0.25) is 0 Å². The SMILES string of the molecule is Cl.O=C(O)C1CCN(Cc2nn(-c3ccccc3)c3c2CCC3)CC1. The zero-order valence-electron chi connectivity index (χ0n) is 14.2. The average Bonchev–Trinajstić information content (AvgIpc) is 3.20. The minimum Gasteiger partial charge on any atom is -0.481 e. The van der Waals surface area contributed by atoms with E-state index >= 15 is 0 Å². The lowest BCUT2D eigenvalue weighted by atomic mass is 9.97. The lowest BCUT2D eigenvalue weighted by Gasteiger charge is -2.29. The van der Waals surface area contributed by atoms with E-state index in [1.54, 1.807) is 0 Å². The van der Waals surface area contributed by atoms with Crippen molar-refractivity contribution in [2.45, 2.75) is 38.6 Å². The van der Waals surface area contributed by atoms with Crippen molar-refractivity contribution >= 4 is 18.4 Å². The molecular formula is C19H24ClN3O2. The second kappa shape index (κ2) is 7.58. The van der Waals surface area contributed by atoms with Gasteiger partial charge in [-0.3, -0.25) is 9.69 Å². The molecule has 1 aliphatic heterocycles. The van der Waals surface area contributed by atoms with E-state index < -0.39 is 5.97 Å². The molecule has 0 saturated carbocycles. The van der Waals surface area contributed by atoms with Crippen molar-refractivity contribution in [1.82, 2.24) is 14.7 Å². The monoisotopic (exact) mass is 361 g/mol. The number of carboxylic acids is 1. The van der Waals surface area contributed by atoms with Gasteiger partial charge in [-0.2, -0.15) is 5.10 Å². The third kappa shape index (κ3) is 3.58. The van der Waals surface area contributed by atoms with Gasteiger partial charge in [-0.15, -0.1) is 12.4 Å². The Labute approximate surface area is 154 Å². The summed E-state index contributed by atoms with van der Waals surface area (Å²) in [5, 5.41) is 14.0. The van der Waals surface area contributed by atoms with Crippen LogP contribution < -0.4 is 0 Å². The molecule has 1 saturated heterocycles. The van der Waals surface area contributed by atoms with Crippen LogP contribution in [0.15, 0.2) is 30.3 Å². The van der Waals surface area contributed by atoms with Gasteiger partial charge >= 0.3 is 5.97 Å². The molecule has 25 heavy (non-hydrogen) atoms. The molecule has 2 aliphatic rings. The standard InChI is InChI=1S/C19H23N3O2.ClH/c23-19(24)14-9-11-21(12-10-14)13-17-16-7-4-8-18(16)22(20-17)15-5-2-1-3-6-15;/h1-3,5-6,14H,4,7-13H2,(H,23,24);1H. The molecular weight excluding hydrogens is 338 g/mol. The van der Waals surface area contributed by atoms with E-state index in [4.69, 9.17) is 10.2 Å². The highest BCUT2D eigenvalue weighted by Crippen LogP contribution is 2.29. The number of aliphatic carboxylic acids is 1. The Morgan fingerprint density at radius 3 is 2.56 bits per heavy atom. The summed E-state index contributed by atoms with van der Waals surface area (Å²) in [4.78, 5) is 13.5. The Balaban J connectivity index is 0.00000182. The summed E-state index contributed by atoms with van der Waals surface area (Å²) in [7, 11) is 0. The van der Waals surface area contributed by atoms with Crippen molar-refractivity contribution in [1.29, 1.82) is 0 Å². The molecule has 1 aliphatic carbocycles. The topological polar surface area (TPSA) is 58.4 Å².